The number of fused-ring (bicyclic) bond motifs is 1. The third-order valence-electron chi connectivity index (χ3n) is 8.60. The van der Waals surface area contributed by atoms with Gasteiger partial charge in [-0.2, -0.15) is 0 Å². The van der Waals surface area contributed by atoms with Crippen molar-refractivity contribution in [3.63, 3.8) is 0 Å². The molecule has 0 unspecified atom stereocenters. The highest BCUT2D eigenvalue weighted by molar-refractivity contribution is 7.90. The van der Waals surface area contributed by atoms with Gasteiger partial charge in [-0.15, -0.1) is 0 Å². The minimum Gasteiger partial charge on any atom is -0.399 e. The molecular formula is C32H39BN2O4S. The van der Waals surface area contributed by atoms with Crippen LogP contribution in [0.3, 0.4) is 0 Å². The van der Waals surface area contributed by atoms with Crippen LogP contribution >= 0.6 is 0 Å². The summed E-state index contributed by atoms with van der Waals surface area (Å²) in [6.45, 7) is 18.5. The molecule has 0 aliphatic carbocycles. The Morgan fingerprint density at radius 2 is 1.52 bits per heavy atom. The third kappa shape index (κ3) is 4.80. The molecule has 0 N–H and O–H groups in total. The summed E-state index contributed by atoms with van der Waals surface area (Å²) in [7, 11) is -4.18. The zero-order valence-corrected chi connectivity index (χ0v) is 25.8. The van der Waals surface area contributed by atoms with Gasteiger partial charge < -0.3 is 9.31 Å². The number of hydrogen-bond donors (Lipinski definition) is 0. The van der Waals surface area contributed by atoms with E-state index in [9.17, 15) is 8.42 Å². The van der Waals surface area contributed by atoms with Crippen molar-refractivity contribution in [3.05, 3.63) is 88.4 Å². The zero-order chi connectivity index (χ0) is 29.2. The number of aryl methyl sites for hydroxylation is 3. The molecule has 0 amide bonds. The molecule has 1 aliphatic rings. The Kier molecular flexibility index (Phi) is 7.05. The number of rotatable bonds is 6. The molecule has 210 valence electrons. The van der Waals surface area contributed by atoms with Crippen molar-refractivity contribution >= 4 is 33.5 Å². The van der Waals surface area contributed by atoms with E-state index < -0.39 is 28.3 Å². The first kappa shape index (κ1) is 28.6. The predicted molar refractivity (Wildman–Crippen MR) is 162 cm³/mol. The summed E-state index contributed by atoms with van der Waals surface area (Å²) in [4.78, 5) is 5.06. The highest BCUT2D eigenvalue weighted by Gasteiger charge is 2.51. The molecule has 6 nitrogen and oxygen atoms in total. The first-order valence-corrected chi connectivity index (χ1v) is 15.3. The molecule has 0 bridgehead atoms. The Hall–Kier alpha value is -2.94. The van der Waals surface area contributed by atoms with Crippen LogP contribution in [0.1, 0.15) is 81.0 Å². The highest BCUT2D eigenvalue weighted by Crippen LogP contribution is 2.37. The van der Waals surface area contributed by atoms with Crippen LogP contribution in [0.25, 0.3) is 10.9 Å². The quantitative estimate of drug-likeness (QED) is 0.263. The average molecular weight is 559 g/mol. The van der Waals surface area contributed by atoms with Gasteiger partial charge in [-0.3, -0.25) is 4.98 Å². The molecule has 2 aromatic carbocycles. The Balaban J connectivity index is 1.52. The van der Waals surface area contributed by atoms with Crippen molar-refractivity contribution in [3.8, 4) is 0 Å². The van der Waals surface area contributed by atoms with E-state index in [0.29, 0.717) is 16.8 Å². The predicted octanol–water partition coefficient (Wildman–Crippen LogP) is 6.21. The summed E-state index contributed by atoms with van der Waals surface area (Å²) >= 11 is 0. The van der Waals surface area contributed by atoms with E-state index in [-0.39, 0.29) is 5.92 Å². The fourth-order valence-electron chi connectivity index (χ4n) is 5.47. The average Bonchev–Trinajstić information content (AvgIpc) is 3.35. The van der Waals surface area contributed by atoms with Crippen LogP contribution in [0.5, 0.6) is 0 Å². The van der Waals surface area contributed by atoms with Gasteiger partial charge in [-0.25, -0.2) is 12.4 Å². The van der Waals surface area contributed by atoms with Crippen LogP contribution in [-0.2, 0) is 25.8 Å². The summed E-state index contributed by atoms with van der Waals surface area (Å²) < 4.78 is 41.4. The maximum Gasteiger partial charge on any atom is 0.494 e. The number of pyridine rings is 1. The molecule has 1 saturated heterocycles. The van der Waals surface area contributed by atoms with E-state index in [1.54, 1.807) is 24.5 Å². The summed E-state index contributed by atoms with van der Waals surface area (Å²) in [5.41, 5.74) is 6.92. The lowest BCUT2D eigenvalue weighted by atomic mass is 9.76. The number of hydrogen-bond acceptors (Lipinski definition) is 5. The van der Waals surface area contributed by atoms with Crippen LogP contribution < -0.4 is 5.46 Å². The first-order valence-electron chi connectivity index (χ1n) is 13.9. The van der Waals surface area contributed by atoms with Gasteiger partial charge in [-0.05, 0) is 99.8 Å². The lowest BCUT2D eigenvalue weighted by molar-refractivity contribution is 0.00578. The van der Waals surface area contributed by atoms with Crippen LogP contribution in [0.4, 0.5) is 0 Å². The lowest BCUT2D eigenvalue weighted by Gasteiger charge is -2.32. The molecule has 0 radical (unpaired) electrons. The molecule has 40 heavy (non-hydrogen) atoms. The Morgan fingerprint density at radius 3 is 2.10 bits per heavy atom. The molecule has 2 aromatic heterocycles. The van der Waals surface area contributed by atoms with Gasteiger partial charge in [0.1, 0.15) is 0 Å². The topological polar surface area (TPSA) is 70.4 Å². The molecule has 8 heteroatoms. The van der Waals surface area contributed by atoms with Crippen LogP contribution in [0.15, 0.2) is 59.8 Å². The normalized spacial score (nSPS) is 16.8. The lowest BCUT2D eigenvalue weighted by Crippen LogP contribution is -2.41. The molecule has 3 heterocycles. The SMILES string of the molecule is Cc1ccccc1S(=O)(=O)n1cc(C(C)C)c2cc(Cc3c(C)cc(B4OC(C)(C)C(C)(C)O4)cc3C)ncc21. The van der Waals surface area contributed by atoms with Gasteiger partial charge in [0.15, 0.2) is 0 Å². The molecule has 1 fully saturated rings. The van der Waals surface area contributed by atoms with E-state index in [2.05, 4.69) is 73.6 Å². The number of aromatic nitrogens is 2. The van der Waals surface area contributed by atoms with Gasteiger partial charge in [0.05, 0.1) is 27.8 Å². The van der Waals surface area contributed by atoms with Gasteiger partial charge >= 0.3 is 7.12 Å². The van der Waals surface area contributed by atoms with E-state index in [4.69, 9.17) is 14.3 Å². The second-order valence-electron chi connectivity index (χ2n) is 12.4. The van der Waals surface area contributed by atoms with Crippen LogP contribution in [0, 0.1) is 20.8 Å². The summed E-state index contributed by atoms with van der Waals surface area (Å²) in [5, 5.41) is 0.918. The van der Waals surface area contributed by atoms with Crippen molar-refractivity contribution in [2.24, 2.45) is 0 Å². The Bertz CT molecular complexity index is 1680. The fraction of sp³-hybridized carbons (Fsp3) is 0.406. The largest absolute Gasteiger partial charge is 0.494 e. The number of benzene rings is 2. The van der Waals surface area contributed by atoms with Crippen molar-refractivity contribution < 1.29 is 17.7 Å². The van der Waals surface area contributed by atoms with E-state index in [1.165, 1.54) is 9.54 Å². The van der Waals surface area contributed by atoms with Crippen molar-refractivity contribution in [2.45, 2.75) is 90.7 Å². The molecule has 1 aliphatic heterocycles. The Morgan fingerprint density at radius 1 is 0.925 bits per heavy atom. The molecule has 4 aromatic rings. The van der Waals surface area contributed by atoms with Crippen LogP contribution in [0.2, 0.25) is 0 Å². The molecule has 0 spiro atoms. The maximum absolute atomic E-state index is 13.7. The molecule has 0 atom stereocenters. The first-order chi connectivity index (χ1) is 18.6. The van der Waals surface area contributed by atoms with Gasteiger partial charge in [-0.1, -0.05) is 44.2 Å². The van der Waals surface area contributed by atoms with Crippen molar-refractivity contribution in [1.82, 2.24) is 8.96 Å². The smallest absolute Gasteiger partial charge is 0.399 e. The second kappa shape index (κ2) is 9.86. The van der Waals surface area contributed by atoms with E-state index in [0.717, 1.165) is 38.8 Å². The molecular weight excluding hydrogens is 519 g/mol. The van der Waals surface area contributed by atoms with Gasteiger partial charge in [0.2, 0.25) is 0 Å². The van der Waals surface area contributed by atoms with E-state index in [1.807, 2.05) is 19.1 Å². The zero-order valence-electron chi connectivity index (χ0n) is 25.0. The Labute approximate surface area is 238 Å². The highest BCUT2D eigenvalue weighted by atomic mass is 32.2. The monoisotopic (exact) mass is 558 g/mol. The van der Waals surface area contributed by atoms with E-state index >= 15 is 0 Å². The maximum atomic E-state index is 13.7. The fourth-order valence-corrected chi connectivity index (χ4v) is 7.07. The summed E-state index contributed by atoms with van der Waals surface area (Å²) in [6.07, 6.45) is 4.11. The van der Waals surface area contributed by atoms with Gasteiger partial charge in [0, 0.05) is 23.7 Å². The van der Waals surface area contributed by atoms with Crippen molar-refractivity contribution in [2.75, 3.05) is 0 Å². The number of nitrogens with zero attached hydrogens (tertiary/aromatic N) is 2. The van der Waals surface area contributed by atoms with Gasteiger partial charge in [0.25, 0.3) is 10.0 Å². The third-order valence-corrected chi connectivity index (χ3v) is 10.4. The molecule has 0 saturated carbocycles. The second-order valence-corrected chi connectivity index (χ2v) is 14.2. The summed E-state index contributed by atoms with van der Waals surface area (Å²) in [6, 6.07) is 13.4. The minimum absolute atomic E-state index is 0.147. The molecule has 5 rings (SSSR count). The standard InChI is InChI=1S/C32H39BN2O4S/c1-20(2)28-19-35(40(36,37)30-13-11-10-12-21(30)3)29-18-34-25(17-27(28)29)16-26-22(4)14-24(15-23(26)5)33-38-31(6,7)32(8,9)39-33/h10-15,17-20H,16H2,1-9H3. The minimum atomic E-state index is -3.77. The summed E-state index contributed by atoms with van der Waals surface area (Å²) in [5.74, 6) is 0.147. The van der Waals surface area contributed by atoms with Crippen molar-refractivity contribution in [1.29, 1.82) is 0 Å². The van der Waals surface area contributed by atoms with Crippen LogP contribution in [-0.4, -0.2) is 35.7 Å².